The van der Waals surface area contributed by atoms with Crippen LogP contribution in [0.3, 0.4) is 0 Å². The summed E-state index contributed by atoms with van der Waals surface area (Å²) >= 11 is 0. The Kier molecular flexibility index (Phi) is 5.68. The van der Waals surface area contributed by atoms with E-state index < -0.39 is 11.6 Å². The molecule has 0 aliphatic rings. The van der Waals surface area contributed by atoms with Gasteiger partial charge in [-0.3, -0.25) is 4.99 Å². The molecular formula is C19H20FNO3. The molecule has 2 aromatic rings. The molecule has 0 spiro atoms. The lowest BCUT2D eigenvalue weighted by molar-refractivity contribution is -0.157. The third-order valence-corrected chi connectivity index (χ3v) is 2.85. The summed E-state index contributed by atoms with van der Waals surface area (Å²) in [6, 6.07) is 13.1. The van der Waals surface area contributed by atoms with Gasteiger partial charge in [0.05, 0.1) is 5.69 Å². The second-order valence-electron chi connectivity index (χ2n) is 6.18. The summed E-state index contributed by atoms with van der Waals surface area (Å²) in [6.07, 6.45) is 1.67. The molecule has 0 saturated heterocycles. The van der Waals surface area contributed by atoms with E-state index in [2.05, 4.69) is 4.99 Å². The van der Waals surface area contributed by atoms with E-state index >= 15 is 0 Å². The normalized spacial score (nSPS) is 11.5. The standard InChI is InChI=1S/C19H20FNO3/c1-19(2,3)24-18(22)13-23-17-10-4-14(5-11-17)12-21-16-8-6-15(20)7-9-16/h4-12H,13H2,1-3H3. The number of hydrogen-bond donors (Lipinski definition) is 0. The molecule has 0 amide bonds. The van der Waals surface area contributed by atoms with E-state index in [9.17, 15) is 9.18 Å². The van der Waals surface area contributed by atoms with E-state index in [4.69, 9.17) is 9.47 Å². The number of nitrogens with zero attached hydrogens (tertiary/aromatic N) is 1. The highest BCUT2D eigenvalue weighted by Gasteiger charge is 2.16. The van der Waals surface area contributed by atoms with Crippen LogP contribution in [0.5, 0.6) is 5.75 Å². The second-order valence-corrected chi connectivity index (χ2v) is 6.18. The third-order valence-electron chi connectivity index (χ3n) is 2.85. The number of rotatable bonds is 5. The number of esters is 1. The first kappa shape index (κ1) is 17.7. The molecule has 0 atom stereocenters. The zero-order valence-corrected chi connectivity index (χ0v) is 14.0. The first-order chi connectivity index (χ1) is 11.3. The molecule has 0 N–H and O–H groups in total. The van der Waals surface area contributed by atoms with Crippen LogP contribution in [0.4, 0.5) is 10.1 Å². The van der Waals surface area contributed by atoms with E-state index in [-0.39, 0.29) is 12.4 Å². The van der Waals surface area contributed by atoms with Crippen molar-refractivity contribution in [3.05, 3.63) is 59.9 Å². The summed E-state index contributed by atoms with van der Waals surface area (Å²) in [5, 5.41) is 0. The van der Waals surface area contributed by atoms with Gasteiger partial charge >= 0.3 is 5.97 Å². The summed E-state index contributed by atoms with van der Waals surface area (Å²) in [6.45, 7) is 5.28. The fraction of sp³-hybridized carbons (Fsp3) is 0.263. The first-order valence-electron chi connectivity index (χ1n) is 7.56. The van der Waals surface area contributed by atoms with Crippen molar-refractivity contribution >= 4 is 17.9 Å². The minimum absolute atomic E-state index is 0.139. The van der Waals surface area contributed by atoms with E-state index in [0.29, 0.717) is 11.4 Å². The molecule has 0 aromatic heterocycles. The number of aliphatic imine (C=N–C) groups is 1. The van der Waals surface area contributed by atoms with Gasteiger partial charge in [0.15, 0.2) is 6.61 Å². The van der Waals surface area contributed by atoms with Crippen LogP contribution in [0, 0.1) is 5.82 Å². The Morgan fingerprint density at radius 2 is 1.71 bits per heavy atom. The van der Waals surface area contributed by atoms with Crippen LogP contribution >= 0.6 is 0 Å². The monoisotopic (exact) mass is 329 g/mol. The molecule has 126 valence electrons. The fourth-order valence-electron chi connectivity index (χ4n) is 1.84. The van der Waals surface area contributed by atoms with Gasteiger partial charge in [-0.1, -0.05) is 0 Å². The molecule has 0 aliphatic carbocycles. The van der Waals surface area contributed by atoms with Crippen molar-refractivity contribution in [2.24, 2.45) is 4.99 Å². The van der Waals surface area contributed by atoms with Gasteiger partial charge in [-0.25, -0.2) is 9.18 Å². The molecule has 4 nitrogen and oxygen atoms in total. The Balaban J connectivity index is 1.88. The predicted octanol–water partition coefficient (Wildman–Crippen LogP) is 4.30. The number of carbonyl (C=O) groups is 1. The van der Waals surface area contributed by atoms with Crippen LogP contribution < -0.4 is 4.74 Å². The summed E-state index contributed by atoms with van der Waals surface area (Å²) in [4.78, 5) is 15.8. The van der Waals surface area contributed by atoms with Gasteiger partial charge in [-0.2, -0.15) is 0 Å². The van der Waals surface area contributed by atoms with Gasteiger partial charge in [-0.15, -0.1) is 0 Å². The summed E-state index contributed by atoms with van der Waals surface area (Å²) < 4.78 is 23.4. The van der Waals surface area contributed by atoms with E-state index in [1.807, 2.05) is 12.1 Å². The summed E-state index contributed by atoms with van der Waals surface area (Å²) in [5.41, 5.74) is 1.01. The molecule has 0 aliphatic heterocycles. The average Bonchev–Trinajstić information content (AvgIpc) is 2.52. The maximum atomic E-state index is 12.8. The first-order valence-corrected chi connectivity index (χ1v) is 7.56. The summed E-state index contributed by atoms with van der Waals surface area (Å²) in [5.74, 6) is -0.135. The highest BCUT2D eigenvalue weighted by molar-refractivity contribution is 5.82. The average molecular weight is 329 g/mol. The van der Waals surface area contributed by atoms with E-state index in [1.54, 1.807) is 51.3 Å². The molecule has 2 aromatic carbocycles. The highest BCUT2D eigenvalue weighted by atomic mass is 19.1. The van der Waals surface area contributed by atoms with Crippen LogP contribution in [0.2, 0.25) is 0 Å². The van der Waals surface area contributed by atoms with Crippen molar-refractivity contribution in [1.82, 2.24) is 0 Å². The Morgan fingerprint density at radius 1 is 1.08 bits per heavy atom. The van der Waals surface area contributed by atoms with Crippen molar-refractivity contribution in [1.29, 1.82) is 0 Å². The van der Waals surface area contributed by atoms with Gasteiger partial charge in [-0.05, 0) is 74.9 Å². The van der Waals surface area contributed by atoms with Crippen LogP contribution in [0.15, 0.2) is 53.5 Å². The lowest BCUT2D eigenvalue weighted by Gasteiger charge is -2.19. The molecular weight excluding hydrogens is 309 g/mol. The smallest absolute Gasteiger partial charge is 0.344 e. The number of carbonyl (C=O) groups excluding carboxylic acids is 1. The largest absolute Gasteiger partial charge is 0.482 e. The van der Waals surface area contributed by atoms with Crippen molar-refractivity contribution in [2.75, 3.05) is 6.61 Å². The molecule has 0 fully saturated rings. The van der Waals surface area contributed by atoms with Gasteiger partial charge < -0.3 is 9.47 Å². The lowest BCUT2D eigenvalue weighted by atomic mass is 10.2. The van der Waals surface area contributed by atoms with Gasteiger partial charge in [0, 0.05) is 6.21 Å². The molecule has 0 saturated carbocycles. The Bertz CT molecular complexity index is 701. The molecule has 0 unspecified atom stereocenters. The van der Waals surface area contributed by atoms with Crippen LogP contribution in [-0.4, -0.2) is 24.4 Å². The minimum atomic E-state index is -0.527. The molecule has 0 heterocycles. The summed E-state index contributed by atoms with van der Waals surface area (Å²) in [7, 11) is 0. The lowest BCUT2D eigenvalue weighted by Crippen LogP contribution is -2.27. The molecule has 24 heavy (non-hydrogen) atoms. The van der Waals surface area contributed by atoms with Gasteiger partial charge in [0.1, 0.15) is 17.2 Å². The SMILES string of the molecule is CC(C)(C)OC(=O)COc1ccc(C=Nc2ccc(F)cc2)cc1. The van der Waals surface area contributed by atoms with Crippen LogP contribution in [0.1, 0.15) is 26.3 Å². The van der Waals surface area contributed by atoms with Gasteiger partial charge in [0.25, 0.3) is 0 Å². The Hall–Kier alpha value is -2.69. The zero-order chi connectivity index (χ0) is 17.6. The second kappa shape index (κ2) is 7.73. The molecule has 0 bridgehead atoms. The Morgan fingerprint density at radius 3 is 2.29 bits per heavy atom. The van der Waals surface area contributed by atoms with E-state index in [1.165, 1.54) is 12.1 Å². The molecule has 5 heteroatoms. The van der Waals surface area contributed by atoms with Gasteiger partial charge in [0.2, 0.25) is 0 Å². The Labute approximate surface area is 140 Å². The number of benzene rings is 2. The van der Waals surface area contributed by atoms with Crippen LogP contribution in [0.25, 0.3) is 0 Å². The van der Waals surface area contributed by atoms with Crippen molar-refractivity contribution in [3.8, 4) is 5.75 Å². The topological polar surface area (TPSA) is 47.9 Å². The fourth-order valence-corrected chi connectivity index (χ4v) is 1.84. The minimum Gasteiger partial charge on any atom is -0.482 e. The predicted molar refractivity (Wildman–Crippen MR) is 91.4 cm³/mol. The molecule has 0 radical (unpaired) electrons. The van der Waals surface area contributed by atoms with Crippen molar-refractivity contribution < 1.29 is 18.7 Å². The van der Waals surface area contributed by atoms with E-state index in [0.717, 1.165) is 5.56 Å². The zero-order valence-electron chi connectivity index (χ0n) is 14.0. The maximum Gasteiger partial charge on any atom is 0.344 e. The van der Waals surface area contributed by atoms with Crippen LogP contribution in [-0.2, 0) is 9.53 Å². The highest BCUT2D eigenvalue weighted by Crippen LogP contribution is 2.15. The molecule has 2 rings (SSSR count). The quantitative estimate of drug-likeness (QED) is 0.607. The number of ether oxygens (including phenoxy) is 2. The maximum absolute atomic E-state index is 12.8. The van der Waals surface area contributed by atoms with Crippen molar-refractivity contribution in [3.63, 3.8) is 0 Å². The number of hydrogen-bond acceptors (Lipinski definition) is 4. The van der Waals surface area contributed by atoms with Crippen molar-refractivity contribution in [2.45, 2.75) is 26.4 Å². The number of halogens is 1. The third kappa shape index (κ3) is 6.20.